The standard InChI is InChI=1S/C41H64N2O6/c1-25(2)34-28(44)22-41(31(45)24-43-20-18-42(9)19-21-43)17-12-27-26(35(34)41)10-11-30-39(27,7)15-13-29-38(5,6)32(14-16-40(29,30)8)49-33(46)23-37(3,4)36(47)48/h25-27,29-30,32H,10-24H2,1-9H3,(H,47,48)/t26-,27?,29?,30-,32-,39-,40-,41-/m0/s1. The number of carboxylic acid groups (broad SMARTS) is 1. The van der Waals surface area contributed by atoms with Gasteiger partial charge in [0.2, 0.25) is 0 Å². The zero-order chi connectivity index (χ0) is 35.9. The third kappa shape index (κ3) is 5.87. The number of rotatable bonds is 8. The number of carbonyl (C=O) groups is 4. The quantitative estimate of drug-likeness (QED) is 0.279. The van der Waals surface area contributed by atoms with Crippen LogP contribution in [0.3, 0.4) is 0 Å². The summed E-state index contributed by atoms with van der Waals surface area (Å²) < 4.78 is 6.14. The average Bonchev–Trinajstić information content (AvgIpc) is 3.33. The molecule has 0 amide bonds. The van der Waals surface area contributed by atoms with Gasteiger partial charge in [-0.05, 0) is 124 Å². The number of aliphatic carboxylic acids is 1. The molecule has 274 valence electrons. The average molecular weight is 681 g/mol. The summed E-state index contributed by atoms with van der Waals surface area (Å²) >= 11 is 0. The first-order valence-electron chi connectivity index (χ1n) is 19.4. The number of likely N-dealkylation sites (N-methyl/N-ethyl adjacent to an activating group) is 1. The highest BCUT2D eigenvalue weighted by Crippen LogP contribution is 2.73. The number of nitrogens with zero attached hydrogens (tertiary/aromatic N) is 2. The Morgan fingerprint density at radius 3 is 2.18 bits per heavy atom. The molecular weight excluding hydrogens is 616 g/mol. The van der Waals surface area contributed by atoms with Crippen molar-refractivity contribution in [2.45, 2.75) is 126 Å². The molecule has 1 aliphatic heterocycles. The molecule has 5 aliphatic carbocycles. The molecule has 0 spiro atoms. The molecule has 0 aromatic heterocycles. The van der Waals surface area contributed by atoms with Gasteiger partial charge >= 0.3 is 11.9 Å². The van der Waals surface area contributed by atoms with Gasteiger partial charge in [-0.25, -0.2) is 0 Å². The molecule has 2 unspecified atom stereocenters. The number of carbonyl (C=O) groups excluding carboxylic acids is 3. The summed E-state index contributed by atoms with van der Waals surface area (Å²) in [4.78, 5) is 57.8. The van der Waals surface area contributed by atoms with Crippen LogP contribution in [0.2, 0.25) is 0 Å². The van der Waals surface area contributed by atoms with E-state index in [1.54, 1.807) is 13.8 Å². The van der Waals surface area contributed by atoms with Gasteiger partial charge in [0.05, 0.1) is 23.8 Å². The number of piperazine rings is 1. The van der Waals surface area contributed by atoms with Gasteiger partial charge in [-0.1, -0.05) is 41.5 Å². The first-order valence-corrected chi connectivity index (χ1v) is 19.4. The summed E-state index contributed by atoms with van der Waals surface area (Å²) in [7, 11) is 2.14. The van der Waals surface area contributed by atoms with Crippen molar-refractivity contribution in [1.29, 1.82) is 0 Å². The third-order valence-electron chi connectivity index (χ3n) is 15.5. The topological polar surface area (TPSA) is 104 Å². The number of hydrogen-bond acceptors (Lipinski definition) is 7. The molecule has 6 aliphatic rings. The van der Waals surface area contributed by atoms with Crippen molar-refractivity contribution in [2.24, 2.45) is 56.7 Å². The molecule has 0 aromatic carbocycles. The Morgan fingerprint density at radius 1 is 0.898 bits per heavy atom. The van der Waals surface area contributed by atoms with Crippen LogP contribution in [0.5, 0.6) is 0 Å². The van der Waals surface area contributed by atoms with Crippen molar-refractivity contribution < 1.29 is 29.0 Å². The van der Waals surface area contributed by atoms with Gasteiger partial charge in [0.25, 0.3) is 0 Å². The molecule has 0 bridgehead atoms. The minimum atomic E-state index is -1.16. The maximum atomic E-state index is 14.5. The normalized spacial score (nSPS) is 39.6. The molecule has 6 rings (SSSR count). The Hall–Kier alpha value is -2.06. The summed E-state index contributed by atoms with van der Waals surface area (Å²) in [5.74, 6) is 0.899. The van der Waals surface area contributed by atoms with Crippen LogP contribution in [0, 0.1) is 56.7 Å². The van der Waals surface area contributed by atoms with E-state index < -0.39 is 22.8 Å². The molecule has 1 N–H and O–H groups in total. The highest BCUT2D eigenvalue weighted by Gasteiger charge is 2.67. The maximum absolute atomic E-state index is 14.5. The number of allylic oxidation sites excluding steroid dienone is 2. The van der Waals surface area contributed by atoms with Gasteiger partial charge in [0.1, 0.15) is 6.10 Å². The summed E-state index contributed by atoms with van der Waals surface area (Å²) in [6.07, 6.45) is 7.93. The van der Waals surface area contributed by atoms with E-state index >= 15 is 0 Å². The van der Waals surface area contributed by atoms with E-state index in [-0.39, 0.29) is 40.5 Å². The van der Waals surface area contributed by atoms with Crippen molar-refractivity contribution in [3.05, 3.63) is 11.1 Å². The predicted molar refractivity (Wildman–Crippen MR) is 190 cm³/mol. The Balaban J connectivity index is 1.25. The molecule has 8 atom stereocenters. The fourth-order valence-electron chi connectivity index (χ4n) is 12.8. The van der Waals surface area contributed by atoms with E-state index in [0.717, 1.165) is 83.1 Å². The van der Waals surface area contributed by atoms with E-state index in [0.29, 0.717) is 42.4 Å². The smallest absolute Gasteiger partial charge is 0.309 e. The number of hydrogen-bond donors (Lipinski definition) is 1. The number of fused-ring (bicyclic) bond motifs is 7. The molecule has 4 saturated carbocycles. The molecule has 1 saturated heterocycles. The van der Waals surface area contributed by atoms with Gasteiger partial charge in [-0.3, -0.25) is 24.1 Å². The lowest BCUT2D eigenvalue weighted by Crippen LogP contribution is -2.63. The second-order valence-corrected chi connectivity index (χ2v) is 19.4. The van der Waals surface area contributed by atoms with E-state index in [4.69, 9.17) is 4.74 Å². The monoisotopic (exact) mass is 680 g/mol. The first-order chi connectivity index (χ1) is 22.8. The first kappa shape index (κ1) is 36.7. The van der Waals surface area contributed by atoms with Crippen LogP contribution in [0.15, 0.2) is 11.1 Å². The number of esters is 1. The van der Waals surface area contributed by atoms with Crippen molar-refractivity contribution in [3.8, 4) is 0 Å². The fourth-order valence-corrected chi connectivity index (χ4v) is 12.8. The summed E-state index contributed by atoms with van der Waals surface area (Å²) in [5, 5.41) is 9.58. The Labute approximate surface area is 295 Å². The Morgan fingerprint density at radius 2 is 1.55 bits per heavy atom. The number of ether oxygens (including phenoxy) is 1. The maximum Gasteiger partial charge on any atom is 0.309 e. The zero-order valence-corrected chi connectivity index (χ0v) is 32.0. The summed E-state index contributed by atoms with van der Waals surface area (Å²) in [6, 6.07) is 0. The summed E-state index contributed by atoms with van der Waals surface area (Å²) in [6.45, 7) is 21.3. The molecule has 49 heavy (non-hydrogen) atoms. The molecule has 5 fully saturated rings. The van der Waals surface area contributed by atoms with Crippen LogP contribution >= 0.6 is 0 Å². The van der Waals surface area contributed by atoms with E-state index in [1.165, 1.54) is 5.57 Å². The lowest BCUT2D eigenvalue weighted by atomic mass is 9.36. The highest BCUT2D eigenvalue weighted by atomic mass is 16.5. The Bertz CT molecular complexity index is 1410. The SMILES string of the molecule is CC(C)C1=C2[C@H]3CC[C@H]4[C@@](C)(CCC5C(C)(C)[C@@H](OC(=O)CC(C)(C)C(=O)O)CC[C@@]54C)C3CC[C@@]2(C(=O)CN2CCN(C)CC2)CC1=O. The van der Waals surface area contributed by atoms with Crippen molar-refractivity contribution in [1.82, 2.24) is 9.80 Å². The molecule has 0 radical (unpaired) electrons. The van der Waals surface area contributed by atoms with Gasteiger partial charge in [-0.15, -0.1) is 0 Å². The van der Waals surface area contributed by atoms with Crippen LogP contribution in [0.4, 0.5) is 0 Å². The van der Waals surface area contributed by atoms with Gasteiger partial charge < -0.3 is 14.7 Å². The molecule has 8 heteroatoms. The minimum absolute atomic E-state index is 0.0945. The lowest BCUT2D eigenvalue weighted by molar-refractivity contribution is -0.213. The van der Waals surface area contributed by atoms with Gasteiger partial charge in [0, 0.05) is 38.0 Å². The van der Waals surface area contributed by atoms with E-state index in [2.05, 4.69) is 58.4 Å². The summed E-state index contributed by atoms with van der Waals surface area (Å²) in [5.41, 5.74) is 0.454. The molecule has 8 nitrogen and oxygen atoms in total. The van der Waals surface area contributed by atoms with Crippen molar-refractivity contribution >= 4 is 23.5 Å². The zero-order valence-electron chi connectivity index (χ0n) is 32.0. The minimum Gasteiger partial charge on any atom is -0.481 e. The lowest BCUT2D eigenvalue weighted by Gasteiger charge is -2.68. The van der Waals surface area contributed by atoms with Gasteiger partial charge in [-0.2, -0.15) is 0 Å². The highest BCUT2D eigenvalue weighted by molar-refractivity contribution is 6.07. The van der Waals surface area contributed by atoms with Crippen LogP contribution in [0.1, 0.15) is 120 Å². The van der Waals surface area contributed by atoms with Crippen LogP contribution in [-0.4, -0.2) is 84.3 Å². The van der Waals surface area contributed by atoms with E-state index in [9.17, 15) is 24.3 Å². The second-order valence-electron chi connectivity index (χ2n) is 19.4. The number of Topliss-reactive ketones (excluding diaryl/α,β-unsaturated/α-hetero) is 2. The van der Waals surface area contributed by atoms with Crippen LogP contribution in [-0.2, 0) is 23.9 Å². The van der Waals surface area contributed by atoms with Crippen molar-refractivity contribution in [3.63, 3.8) is 0 Å². The Kier molecular flexibility index (Phi) is 9.41. The number of ketones is 2. The number of carboxylic acids is 1. The fraction of sp³-hybridized carbons (Fsp3) is 0.854. The predicted octanol–water partition coefficient (Wildman–Crippen LogP) is 6.81. The van der Waals surface area contributed by atoms with Crippen LogP contribution in [0.25, 0.3) is 0 Å². The second kappa shape index (κ2) is 12.6. The molecule has 1 heterocycles. The van der Waals surface area contributed by atoms with Crippen LogP contribution < -0.4 is 0 Å². The third-order valence-corrected chi connectivity index (χ3v) is 15.5. The largest absolute Gasteiger partial charge is 0.481 e. The molecular formula is C41H64N2O6. The van der Waals surface area contributed by atoms with Gasteiger partial charge in [0.15, 0.2) is 11.6 Å². The van der Waals surface area contributed by atoms with E-state index in [1.807, 2.05) is 0 Å². The van der Waals surface area contributed by atoms with Crippen molar-refractivity contribution in [2.75, 3.05) is 39.8 Å². The molecule has 0 aromatic rings.